The van der Waals surface area contributed by atoms with Gasteiger partial charge in [0.25, 0.3) is 28.7 Å². The van der Waals surface area contributed by atoms with Gasteiger partial charge in [0.15, 0.2) is 0 Å². The average molecular weight is 1680 g/mol. The fourth-order valence-corrected chi connectivity index (χ4v) is 5.77. The smallest absolute Gasteiger partial charge is 1.00 e. The summed E-state index contributed by atoms with van der Waals surface area (Å²) in [6.07, 6.45) is 0. The monoisotopic (exact) mass is 1670 g/mol. The molecule has 0 radical (unpaired) electrons. The number of rotatable bonds is 14. The Bertz CT molecular complexity index is 2990. The van der Waals surface area contributed by atoms with Crippen LogP contribution in [-0.2, 0) is 58.0 Å². The number of hydrogen-bond acceptors (Lipinski definition) is 23. The van der Waals surface area contributed by atoms with E-state index in [1.807, 2.05) is 45.0 Å². The van der Waals surface area contributed by atoms with Gasteiger partial charge in [0, 0.05) is 50.0 Å². The second kappa shape index (κ2) is 57.5. The maximum Gasteiger partial charge on any atom is 1.00 e. The number of carbonyl (C=O) groups is 5. The van der Waals surface area contributed by atoms with Crippen molar-refractivity contribution in [1.29, 1.82) is 0 Å². The van der Waals surface area contributed by atoms with E-state index < -0.39 is 13.1 Å². The number of nitrogens with zero attached hydrogens (tertiary/aromatic N) is 7. The minimum absolute atomic E-state index is 0. The minimum Gasteiger partial charge on any atom is -1.00 e. The minimum atomic E-state index is -1.40. The van der Waals surface area contributed by atoms with Gasteiger partial charge >= 0.3 is 157 Å². The summed E-state index contributed by atoms with van der Waals surface area (Å²) >= 11 is 12.2. The summed E-state index contributed by atoms with van der Waals surface area (Å²) in [5.74, 6) is 0.241. The third kappa shape index (κ3) is 45.1. The van der Waals surface area contributed by atoms with Crippen molar-refractivity contribution in [2.75, 3.05) is 60.5 Å². The Hall–Kier alpha value is -3.20. The van der Waals surface area contributed by atoms with Crippen molar-refractivity contribution in [1.82, 2.24) is 50.2 Å². The number of benzene rings is 2. The normalized spacial score (nSPS) is 8.87. The number of halogens is 4. The molecule has 0 unspecified atom stereocenters. The number of ether oxygens (including phenoxy) is 4. The van der Waals surface area contributed by atoms with Crippen molar-refractivity contribution < 1.29 is 207 Å². The number of amides is 2. The molecule has 452 valence electrons. The van der Waals surface area contributed by atoms with Crippen molar-refractivity contribution in [3.05, 3.63) is 152 Å². The zero-order valence-electron chi connectivity index (χ0n) is 48.5. The van der Waals surface area contributed by atoms with Gasteiger partial charge in [-0.2, -0.15) is 20.4 Å². The topological polar surface area (TPSA) is 416 Å². The molecule has 6 aromatic rings. The molecule has 2 amide bonds. The third-order valence-corrected chi connectivity index (χ3v) is 9.94. The largest absolute Gasteiger partial charge is 1.00 e. The summed E-state index contributed by atoms with van der Waals surface area (Å²) in [4.78, 5) is 99.0. The summed E-state index contributed by atoms with van der Waals surface area (Å²) in [6, 6.07) is 25.6. The van der Waals surface area contributed by atoms with Crippen molar-refractivity contribution in [3.63, 3.8) is 0 Å². The van der Waals surface area contributed by atoms with Gasteiger partial charge in [0.2, 0.25) is 11.8 Å². The van der Waals surface area contributed by atoms with Crippen molar-refractivity contribution >= 4 is 107 Å². The molecule has 6 rings (SSSR count). The van der Waals surface area contributed by atoms with Crippen LogP contribution in [0, 0.1) is 0 Å². The van der Waals surface area contributed by atoms with Crippen LogP contribution in [0.15, 0.2) is 130 Å². The fourth-order valence-electron chi connectivity index (χ4n) is 4.68. The zero-order chi connectivity index (χ0) is 63.0. The Balaban J connectivity index is -0.000000219. The summed E-state index contributed by atoms with van der Waals surface area (Å²) in [7, 11) is 5.36. The summed E-state index contributed by atoms with van der Waals surface area (Å²) in [6.45, 7) is 6.86. The van der Waals surface area contributed by atoms with E-state index in [1.165, 1.54) is 50.6 Å². The molecule has 0 atom stereocenters. The van der Waals surface area contributed by atoms with Gasteiger partial charge in [-0.25, -0.2) is 19.1 Å². The summed E-state index contributed by atoms with van der Waals surface area (Å²) in [5, 5.41) is 56.0. The molecular formula is C48H64BBr4Cs2N11O18. The maximum absolute atomic E-state index is 11.7. The van der Waals surface area contributed by atoms with Crippen LogP contribution in [-0.4, -0.2) is 153 Å². The fraction of sp³-hybridized carbons (Fsp3) is 0.312. The zero-order valence-corrected chi connectivity index (χ0v) is 66.4. The number of carbonyl (C=O) groups excluding carboxylic acids is 5. The predicted octanol–water partition coefficient (Wildman–Crippen LogP) is -6.03. The van der Waals surface area contributed by atoms with Crippen LogP contribution in [0.5, 0.6) is 11.5 Å². The van der Waals surface area contributed by atoms with Crippen LogP contribution in [0.1, 0.15) is 22.2 Å². The van der Waals surface area contributed by atoms with E-state index in [1.54, 1.807) is 50.6 Å². The molecule has 0 aliphatic rings. The Morgan fingerprint density at radius 1 is 0.643 bits per heavy atom. The molecule has 0 bridgehead atoms. The van der Waals surface area contributed by atoms with Gasteiger partial charge < -0.3 is 62.0 Å². The Morgan fingerprint density at radius 2 is 1.02 bits per heavy atom. The molecule has 4 heterocycles. The first-order valence-electron chi connectivity index (χ1n) is 23.1. The molecule has 0 saturated heterocycles. The van der Waals surface area contributed by atoms with Gasteiger partial charge in [-0.05, 0) is 134 Å². The van der Waals surface area contributed by atoms with E-state index in [-0.39, 0.29) is 211 Å². The maximum atomic E-state index is 11.7. The number of H-pyrrole nitrogens is 1. The molecule has 4 aromatic heterocycles. The standard InChI is InChI=1S/C15H17N3O3.C8H10BrN3O2.C7H9BO3.C7H7BrN2O3.C4H3BrN2O.C3H5BrO2.C2H7N.CH2O3.CH4O.2Cs.H/c1-3-16-14(19)10-18-15(20)9-8-13(17-18)11-4-6-12(21-2)7-5-11;1-2-10-7(13)5-12-8(14)4-3-6(9)11-12;1-11-7-4-2-6(3-5-7)8(9)10;1-13-7(12)4-10-6(11)3-2-5(8)9-10;5-3-1-2-4(8)7-6-3;1-6-3(5)2-4;1-2-3;2-1-4-3;1-2;;;/h4-9H,3,10H2,1-2H3,(H,16,19);3-4H,2,5H2,1H3,(H,10,13);2-5,9-10H,1H3;2-3H,4H2,1H3;1-2H,(H,7,8);2H2,1H3;2-3H2,1H3;1,3H;2H,1H3;;;/q;;;;;;;;;2*+1;-1/p-1. The van der Waals surface area contributed by atoms with Gasteiger partial charge in [0.05, 0.1) is 34.1 Å². The van der Waals surface area contributed by atoms with Crippen LogP contribution in [0.2, 0.25) is 0 Å². The van der Waals surface area contributed by atoms with Gasteiger partial charge in [0.1, 0.15) is 50.3 Å². The van der Waals surface area contributed by atoms with E-state index >= 15 is 0 Å². The molecular weight excluding hydrogens is 1610 g/mol. The number of nitrogens with two attached hydrogens (primary N) is 1. The number of esters is 2. The predicted molar refractivity (Wildman–Crippen MR) is 315 cm³/mol. The second-order valence-electron chi connectivity index (χ2n) is 13.9. The molecule has 36 heteroatoms. The molecule has 0 fully saturated rings. The molecule has 0 aliphatic carbocycles. The summed E-state index contributed by atoms with van der Waals surface area (Å²) < 4.78 is 23.5. The number of aromatic nitrogens is 8. The van der Waals surface area contributed by atoms with E-state index in [0.717, 1.165) is 39.0 Å². The number of likely N-dealkylation sites (N-methyl/N-ethyl adjacent to an activating group) is 2. The summed E-state index contributed by atoms with van der Waals surface area (Å²) in [5.41, 5.74) is 5.66. The number of nitrogens with one attached hydrogen (secondary N) is 3. The molecule has 0 spiro atoms. The average Bonchev–Trinajstić information content (AvgIpc) is 3.61. The van der Waals surface area contributed by atoms with Crippen LogP contribution in [0.4, 0.5) is 0 Å². The van der Waals surface area contributed by atoms with Crippen LogP contribution >= 0.6 is 63.7 Å². The quantitative estimate of drug-likeness (QED) is 0.0133. The molecule has 8 N–H and O–H groups in total. The number of hydrogen-bond donors (Lipinski definition) is 7. The van der Waals surface area contributed by atoms with E-state index in [0.29, 0.717) is 43.8 Å². The van der Waals surface area contributed by atoms with Gasteiger partial charge in [-0.3, -0.25) is 43.2 Å². The second-order valence-corrected chi connectivity index (χ2v) is 16.9. The van der Waals surface area contributed by atoms with E-state index in [2.05, 4.69) is 114 Å². The number of methoxy groups -OCH3 is 4. The Labute approximate surface area is 635 Å². The SMILES string of the molecule is CCN.CCNC(=O)Cn1nc(-c2ccc(OC)cc2)ccc1=O.CCNC(=O)Cn1nc(Br)ccc1=O.CO.COC(=O)CBr.COC(=O)Cn1nc(Br)ccc1=O.COc1ccc(B(O)O)cc1.O=CO[O-].O=c1ccc(Br)n[nH]1.[Cs+].[Cs+].[H-]. The van der Waals surface area contributed by atoms with Crippen molar-refractivity contribution in [3.8, 4) is 22.8 Å². The number of aromatic amines is 1. The first kappa shape index (κ1) is 89.6. The first-order valence-corrected chi connectivity index (χ1v) is 26.6. The van der Waals surface area contributed by atoms with Gasteiger partial charge in [-0.15, -0.1) is 0 Å². The number of aliphatic hydroxyl groups excluding tert-OH is 1. The first-order chi connectivity index (χ1) is 39.1. The van der Waals surface area contributed by atoms with Crippen LogP contribution in [0.25, 0.3) is 11.3 Å². The van der Waals surface area contributed by atoms with Crippen molar-refractivity contribution in [2.45, 2.75) is 40.4 Å². The number of alkyl halides is 1. The molecule has 84 heavy (non-hydrogen) atoms. The van der Waals surface area contributed by atoms with Crippen molar-refractivity contribution in [2.24, 2.45) is 5.73 Å². The molecule has 0 aliphatic heterocycles. The Kier molecular flexibility index (Phi) is 61.3. The van der Waals surface area contributed by atoms with Crippen LogP contribution < -0.4 is 197 Å². The Morgan fingerprint density at radius 3 is 1.35 bits per heavy atom. The molecule has 0 saturated carbocycles. The van der Waals surface area contributed by atoms with Crippen LogP contribution in [0.3, 0.4) is 0 Å². The third-order valence-electron chi connectivity index (χ3n) is 8.20. The van der Waals surface area contributed by atoms with E-state index in [9.17, 15) is 38.4 Å². The van der Waals surface area contributed by atoms with E-state index in [4.69, 9.17) is 40.4 Å². The number of aliphatic hydroxyl groups is 1. The molecule has 2 aromatic carbocycles. The van der Waals surface area contributed by atoms with Gasteiger partial charge in [-0.1, -0.05) is 35.0 Å². The molecule has 29 nitrogen and oxygen atoms in total.